The molecule has 1 aliphatic heterocycles. The molecule has 0 bridgehead atoms. The molecule has 25 heavy (non-hydrogen) atoms. The Morgan fingerprint density at radius 2 is 1.96 bits per heavy atom. The van der Waals surface area contributed by atoms with E-state index in [9.17, 15) is 9.90 Å². The van der Waals surface area contributed by atoms with Crippen LogP contribution < -0.4 is 4.90 Å². The van der Waals surface area contributed by atoms with Crippen LogP contribution in [0.4, 0.5) is 5.69 Å². The third kappa shape index (κ3) is 4.81. The van der Waals surface area contributed by atoms with E-state index >= 15 is 0 Å². The number of thioether (sulfide) groups is 2. The standard InChI is InChI=1S/C20H23NO2S2/c1-15-11-12-21(17-9-5-6-10-19(17)25-15)20(23)14-24-13-18(22)16-7-3-2-4-8-16/h2-10,15,18,22H,11-14H2,1H3/t15-,18+/m0/s1. The first-order valence-electron chi connectivity index (χ1n) is 8.52. The monoisotopic (exact) mass is 373 g/mol. The third-order valence-corrected chi connectivity index (χ3v) is 6.47. The van der Waals surface area contributed by atoms with Gasteiger partial charge in [-0.05, 0) is 24.1 Å². The highest BCUT2D eigenvalue weighted by Gasteiger charge is 2.24. The Labute approximate surface area is 157 Å². The van der Waals surface area contributed by atoms with E-state index in [1.165, 1.54) is 16.7 Å². The van der Waals surface area contributed by atoms with Crippen molar-refractivity contribution in [1.82, 2.24) is 0 Å². The second kappa shape index (κ2) is 8.79. The number of para-hydroxylation sites is 1. The van der Waals surface area contributed by atoms with Crippen molar-refractivity contribution in [3.8, 4) is 0 Å². The number of nitrogens with zero attached hydrogens (tertiary/aromatic N) is 1. The molecule has 0 unspecified atom stereocenters. The molecule has 0 fully saturated rings. The fraction of sp³-hybridized carbons (Fsp3) is 0.350. The Hall–Kier alpha value is -1.43. The van der Waals surface area contributed by atoms with Crippen LogP contribution in [0.3, 0.4) is 0 Å². The SMILES string of the molecule is C[C@H]1CCN(C(=O)CSC[C@@H](O)c2ccccc2)c2ccccc2S1. The molecule has 5 heteroatoms. The van der Waals surface area contributed by atoms with Crippen molar-refractivity contribution in [3.63, 3.8) is 0 Å². The predicted octanol–water partition coefficient (Wildman–Crippen LogP) is 4.37. The molecule has 2 aromatic rings. The normalized spacial score (nSPS) is 18.3. The van der Waals surface area contributed by atoms with Gasteiger partial charge in [-0.1, -0.05) is 49.4 Å². The van der Waals surface area contributed by atoms with E-state index in [0.717, 1.165) is 24.2 Å². The molecule has 2 aromatic carbocycles. The van der Waals surface area contributed by atoms with Crippen LogP contribution in [0.1, 0.15) is 25.0 Å². The van der Waals surface area contributed by atoms with Crippen molar-refractivity contribution in [1.29, 1.82) is 0 Å². The predicted molar refractivity (Wildman–Crippen MR) is 107 cm³/mol. The summed E-state index contributed by atoms with van der Waals surface area (Å²) in [5.41, 5.74) is 1.92. The molecule has 0 saturated carbocycles. The summed E-state index contributed by atoms with van der Waals surface area (Å²) in [7, 11) is 0. The van der Waals surface area contributed by atoms with Crippen LogP contribution in [0, 0.1) is 0 Å². The average molecular weight is 374 g/mol. The van der Waals surface area contributed by atoms with E-state index in [2.05, 4.69) is 13.0 Å². The van der Waals surface area contributed by atoms with Gasteiger partial charge in [0.25, 0.3) is 0 Å². The topological polar surface area (TPSA) is 40.5 Å². The number of anilines is 1. The zero-order valence-electron chi connectivity index (χ0n) is 14.3. The first kappa shape index (κ1) is 18.4. The van der Waals surface area contributed by atoms with Gasteiger partial charge in [-0.25, -0.2) is 0 Å². The Bertz CT molecular complexity index is 708. The highest BCUT2D eigenvalue weighted by molar-refractivity contribution is 8.00. The lowest BCUT2D eigenvalue weighted by molar-refractivity contribution is -0.116. The first-order chi connectivity index (χ1) is 12.1. The van der Waals surface area contributed by atoms with Gasteiger partial charge in [-0.2, -0.15) is 0 Å². The van der Waals surface area contributed by atoms with E-state index in [-0.39, 0.29) is 5.91 Å². The van der Waals surface area contributed by atoms with E-state index in [1.807, 2.05) is 65.2 Å². The van der Waals surface area contributed by atoms with Crippen LogP contribution in [-0.4, -0.2) is 34.3 Å². The lowest BCUT2D eigenvalue weighted by Gasteiger charge is -2.22. The van der Waals surface area contributed by atoms with Crippen LogP contribution in [0.5, 0.6) is 0 Å². The number of carbonyl (C=O) groups is 1. The molecular formula is C20H23NO2S2. The fourth-order valence-electron chi connectivity index (χ4n) is 2.85. The van der Waals surface area contributed by atoms with E-state index < -0.39 is 6.10 Å². The number of aliphatic hydroxyl groups excluding tert-OH is 1. The lowest BCUT2D eigenvalue weighted by Crippen LogP contribution is -2.33. The summed E-state index contributed by atoms with van der Waals surface area (Å²) in [6, 6.07) is 17.7. The maximum atomic E-state index is 12.8. The van der Waals surface area contributed by atoms with Crippen molar-refractivity contribution in [2.45, 2.75) is 29.6 Å². The van der Waals surface area contributed by atoms with Crippen LogP contribution in [0.2, 0.25) is 0 Å². The van der Waals surface area contributed by atoms with Gasteiger partial charge in [-0.15, -0.1) is 23.5 Å². The van der Waals surface area contributed by atoms with Crippen LogP contribution >= 0.6 is 23.5 Å². The van der Waals surface area contributed by atoms with Gasteiger partial charge in [0.15, 0.2) is 0 Å². The van der Waals surface area contributed by atoms with Crippen molar-refractivity contribution in [2.75, 3.05) is 23.0 Å². The van der Waals surface area contributed by atoms with E-state index in [1.54, 1.807) is 0 Å². The number of aliphatic hydroxyl groups is 1. The molecule has 0 saturated heterocycles. The van der Waals surface area contributed by atoms with Crippen LogP contribution in [-0.2, 0) is 4.79 Å². The average Bonchev–Trinajstić information content (AvgIpc) is 2.80. The third-order valence-electron chi connectivity index (χ3n) is 4.23. The second-order valence-electron chi connectivity index (χ2n) is 6.17. The molecule has 0 radical (unpaired) electrons. The molecule has 0 aromatic heterocycles. The number of amides is 1. The fourth-order valence-corrected chi connectivity index (χ4v) is 4.83. The highest BCUT2D eigenvalue weighted by atomic mass is 32.2. The van der Waals surface area contributed by atoms with Gasteiger partial charge in [0, 0.05) is 22.4 Å². The number of hydrogen-bond acceptors (Lipinski definition) is 4. The Kier molecular flexibility index (Phi) is 6.45. The maximum Gasteiger partial charge on any atom is 0.237 e. The number of rotatable bonds is 5. The zero-order chi connectivity index (χ0) is 17.6. The summed E-state index contributed by atoms with van der Waals surface area (Å²) < 4.78 is 0. The molecule has 3 nitrogen and oxygen atoms in total. The van der Waals surface area contributed by atoms with Gasteiger partial charge < -0.3 is 10.0 Å². The number of benzene rings is 2. The molecule has 3 rings (SSSR count). The minimum atomic E-state index is -0.536. The van der Waals surface area contributed by atoms with Crippen molar-refractivity contribution in [2.24, 2.45) is 0 Å². The molecule has 1 amide bonds. The van der Waals surface area contributed by atoms with Crippen molar-refractivity contribution in [3.05, 3.63) is 60.2 Å². The van der Waals surface area contributed by atoms with E-state index in [4.69, 9.17) is 0 Å². The summed E-state index contributed by atoms with van der Waals surface area (Å²) >= 11 is 3.33. The van der Waals surface area contributed by atoms with Gasteiger partial charge in [0.2, 0.25) is 5.91 Å². The Balaban J connectivity index is 1.60. The number of carbonyl (C=O) groups excluding carboxylic acids is 1. The van der Waals surface area contributed by atoms with E-state index in [0.29, 0.717) is 16.8 Å². The number of fused-ring (bicyclic) bond motifs is 1. The highest BCUT2D eigenvalue weighted by Crippen LogP contribution is 2.37. The minimum absolute atomic E-state index is 0.118. The quantitative estimate of drug-likeness (QED) is 0.845. The maximum absolute atomic E-state index is 12.8. The minimum Gasteiger partial charge on any atom is -0.388 e. The molecular weight excluding hydrogens is 350 g/mol. The molecule has 1 N–H and O–H groups in total. The first-order valence-corrected chi connectivity index (χ1v) is 10.6. The summed E-state index contributed by atoms with van der Waals surface area (Å²) in [4.78, 5) is 15.8. The van der Waals surface area contributed by atoms with Crippen LogP contribution in [0.25, 0.3) is 0 Å². The second-order valence-corrected chi connectivity index (χ2v) is 8.68. The molecule has 1 aliphatic rings. The largest absolute Gasteiger partial charge is 0.388 e. The molecule has 1 heterocycles. The Morgan fingerprint density at radius 1 is 1.24 bits per heavy atom. The molecule has 2 atom stereocenters. The lowest BCUT2D eigenvalue weighted by atomic mass is 10.1. The molecule has 0 spiro atoms. The summed E-state index contributed by atoms with van der Waals surface area (Å²) in [5.74, 6) is 1.03. The smallest absolute Gasteiger partial charge is 0.237 e. The van der Waals surface area contributed by atoms with Crippen molar-refractivity contribution < 1.29 is 9.90 Å². The zero-order valence-corrected chi connectivity index (χ0v) is 15.9. The van der Waals surface area contributed by atoms with Gasteiger partial charge in [0.05, 0.1) is 17.5 Å². The summed E-state index contributed by atoms with van der Waals surface area (Å²) in [6.07, 6.45) is 0.452. The molecule has 132 valence electrons. The van der Waals surface area contributed by atoms with Crippen LogP contribution in [0.15, 0.2) is 59.5 Å². The Morgan fingerprint density at radius 3 is 2.76 bits per heavy atom. The summed E-state index contributed by atoms with van der Waals surface area (Å²) in [5, 5.41) is 10.7. The number of hydrogen-bond donors (Lipinski definition) is 1. The van der Waals surface area contributed by atoms with Gasteiger partial charge >= 0.3 is 0 Å². The molecule has 0 aliphatic carbocycles. The summed E-state index contributed by atoms with van der Waals surface area (Å²) in [6.45, 7) is 2.96. The van der Waals surface area contributed by atoms with Gasteiger partial charge in [0.1, 0.15) is 0 Å². The van der Waals surface area contributed by atoms with Gasteiger partial charge in [-0.3, -0.25) is 4.79 Å². The van der Waals surface area contributed by atoms with Crippen molar-refractivity contribution >= 4 is 35.1 Å².